The zero-order valence-corrected chi connectivity index (χ0v) is 21.4. The summed E-state index contributed by atoms with van der Waals surface area (Å²) in [4.78, 5) is 46.3. The van der Waals surface area contributed by atoms with Gasteiger partial charge in [0.15, 0.2) is 0 Å². The fraction of sp³-hybridized carbons (Fsp3) is 0.897. The quantitative estimate of drug-likeness (QED) is 0.632. The molecule has 6 heteroatoms. The van der Waals surface area contributed by atoms with Crippen molar-refractivity contribution in [2.75, 3.05) is 6.54 Å². The number of Topliss-reactive ketones (excluding diaryl/α,β-unsaturated/α-hetero) is 1. The lowest BCUT2D eigenvalue weighted by Gasteiger charge is -2.52. The molecular formula is C29H43N3O3. The van der Waals surface area contributed by atoms with Crippen molar-refractivity contribution < 1.29 is 14.4 Å². The molecule has 0 aromatic rings. The molecule has 9 atom stereocenters. The molecule has 2 N–H and O–H groups in total. The molecule has 3 aliphatic carbocycles. The van der Waals surface area contributed by atoms with Crippen LogP contribution in [0, 0.1) is 35.0 Å². The molecule has 5 unspecified atom stereocenters. The molecule has 4 aliphatic heterocycles. The molecule has 0 bridgehead atoms. The van der Waals surface area contributed by atoms with E-state index >= 15 is 0 Å². The summed E-state index contributed by atoms with van der Waals surface area (Å²) in [7, 11) is 0. The molecular weight excluding hydrogens is 438 g/mol. The van der Waals surface area contributed by atoms with Crippen molar-refractivity contribution in [2.45, 2.75) is 120 Å². The second-order valence-corrected chi connectivity index (χ2v) is 13.2. The third kappa shape index (κ3) is 2.68. The number of fused-ring (bicyclic) bond motifs is 7. The van der Waals surface area contributed by atoms with E-state index in [1.165, 1.54) is 6.42 Å². The number of nitrogens with one attached hydrogen (secondary N) is 2. The van der Waals surface area contributed by atoms with Crippen molar-refractivity contribution in [1.82, 2.24) is 15.5 Å². The van der Waals surface area contributed by atoms with Crippen LogP contribution in [-0.2, 0) is 14.4 Å². The van der Waals surface area contributed by atoms with Gasteiger partial charge in [-0.25, -0.2) is 0 Å². The van der Waals surface area contributed by atoms with E-state index in [1.54, 1.807) is 0 Å². The number of ketones is 1. The summed E-state index contributed by atoms with van der Waals surface area (Å²) in [5.74, 6) is 0.922. The van der Waals surface area contributed by atoms with E-state index in [2.05, 4.69) is 22.5 Å². The van der Waals surface area contributed by atoms with Gasteiger partial charge in [-0.15, -0.1) is 0 Å². The average molecular weight is 482 g/mol. The molecule has 6 nitrogen and oxygen atoms in total. The predicted octanol–water partition coefficient (Wildman–Crippen LogP) is 3.58. The number of hydrogen-bond donors (Lipinski definition) is 2. The van der Waals surface area contributed by atoms with Crippen LogP contribution in [0.3, 0.4) is 0 Å². The second kappa shape index (κ2) is 8.03. The summed E-state index contributed by atoms with van der Waals surface area (Å²) in [6.45, 7) is 3.14. The van der Waals surface area contributed by atoms with E-state index in [0.717, 1.165) is 90.0 Å². The topological polar surface area (TPSA) is 78.5 Å². The Kier molecular flexibility index (Phi) is 5.22. The molecule has 35 heavy (non-hydrogen) atoms. The maximum Gasteiger partial charge on any atom is 0.242 e. The van der Waals surface area contributed by atoms with Gasteiger partial charge >= 0.3 is 0 Å². The van der Waals surface area contributed by atoms with Crippen LogP contribution in [0.1, 0.15) is 96.8 Å². The Bertz CT molecular complexity index is 930. The first-order chi connectivity index (χ1) is 17.0. The Morgan fingerprint density at radius 2 is 1.54 bits per heavy atom. The fourth-order valence-electron chi connectivity index (χ4n) is 10.9. The Hall–Kier alpha value is -1.43. The first kappa shape index (κ1) is 22.7. The lowest BCUT2D eigenvalue weighted by atomic mass is 9.49. The van der Waals surface area contributed by atoms with Crippen LogP contribution < -0.4 is 10.6 Å². The van der Waals surface area contributed by atoms with Gasteiger partial charge in [0.25, 0.3) is 0 Å². The maximum absolute atomic E-state index is 14.7. The zero-order valence-electron chi connectivity index (χ0n) is 21.4. The number of rotatable bonds is 2. The fourth-order valence-corrected chi connectivity index (χ4v) is 10.9. The minimum Gasteiger partial charge on any atom is -0.352 e. The summed E-state index contributed by atoms with van der Waals surface area (Å²) in [6.07, 6.45) is 14.8. The van der Waals surface area contributed by atoms with Gasteiger partial charge in [0.2, 0.25) is 11.8 Å². The van der Waals surface area contributed by atoms with E-state index in [9.17, 15) is 14.4 Å². The van der Waals surface area contributed by atoms with Crippen LogP contribution in [0.5, 0.6) is 0 Å². The van der Waals surface area contributed by atoms with Crippen LogP contribution in [0.4, 0.5) is 0 Å². The number of amides is 2. The van der Waals surface area contributed by atoms with E-state index in [4.69, 9.17) is 0 Å². The lowest BCUT2D eigenvalue weighted by molar-refractivity contribution is -0.157. The van der Waals surface area contributed by atoms with E-state index < -0.39 is 11.0 Å². The van der Waals surface area contributed by atoms with Crippen molar-refractivity contribution >= 4 is 17.6 Å². The van der Waals surface area contributed by atoms with Crippen molar-refractivity contribution in [3.63, 3.8) is 0 Å². The van der Waals surface area contributed by atoms with Gasteiger partial charge < -0.3 is 10.6 Å². The molecule has 4 heterocycles. The summed E-state index contributed by atoms with van der Waals surface area (Å²) in [5, 5.41) is 6.93. The monoisotopic (exact) mass is 481 g/mol. The molecule has 0 aromatic heterocycles. The highest BCUT2D eigenvalue weighted by atomic mass is 16.2. The molecule has 7 rings (SSSR count). The molecule has 2 spiro atoms. The largest absolute Gasteiger partial charge is 0.352 e. The molecule has 0 aromatic carbocycles. The van der Waals surface area contributed by atoms with Crippen molar-refractivity contribution in [3.05, 3.63) is 0 Å². The number of carbonyl (C=O) groups is 3. The minimum absolute atomic E-state index is 0.0533. The van der Waals surface area contributed by atoms with E-state index in [1.807, 2.05) is 0 Å². The molecule has 2 amide bonds. The van der Waals surface area contributed by atoms with Crippen LogP contribution >= 0.6 is 0 Å². The van der Waals surface area contributed by atoms with Crippen molar-refractivity contribution in [2.24, 2.45) is 35.0 Å². The smallest absolute Gasteiger partial charge is 0.242 e. The average Bonchev–Trinajstić information content (AvgIpc) is 3.59. The molecule has 0 radical (unpaired) electrons. The number of carbonyl (C=O) groups excluding carboxylic acids is 3. The summed E-state index contributed by atoms with van der Waals surface area (Å²) < 4.78 is 0. The van der Waals surface area contributed by atoms with E-state index in [-0.39, 0.29) is 53.6 Å². The van der Waals surface area contributed by atoms with Crippen LogP contribution in [-0.4, -0.2) is 52.7 Å². The summed E-state index contributed by atoms with van der Waals surface area (Å²) in [5.41, 5.74) is -1.73. The Morgan fingerprint density at radius 1 is 0.800 bits per heavy atom. The maximum atomic E-state index is 14.7. The zero-order chi connectivity index (χ0) is 23.9. The summed E-state index contributed by atoms with van der Waals surface area (Å²) in [6, 6.07) is 0.314. The predicted molar refractivity (Wildman–Crippen MR) is 132 cm³/mol. The minimum atomic E-state index is -0.891. The summed E-state index contributed by atoms with van der Waals surface area (Å²) >= 11 is 0. The van der Waals surface area contributed by atoms with Gasteiger partial charge in [-0.1, -0.05) is 45.4 Å². The lowest BCUT2D eigenvalue weighted by Crippen LogP contribution is -2.68. The second-order valence-electron chi connectivity index (χ2n) is 13.2. The van der Waals surface area contributed by atoms with Gasteiger partial charge in [0.1, 0.15) is 11.3 Å². The normalized spacial score (nSPS) is 49.7. The standard InChI is InChI=1S/C29H43N3O3/c1-17-9-7-13-20-24(17)31-27(35)29(20)28(19-12-5-6-14-21(19)30-26(28)34)23(22-15-8-16-32(22)29)25(33)18-10-3-2-4-11-18/h17-24H,2-16H2,1H3,(H,30,34)(H,31,35)/t17?,19?,20?,21?,22-,23+,24?,28-,29-/m1/s1. The molecule has 192 valence electrons. The van der Waals surface area contributed by atoms with Gasteiger partial charge in [0, 0.05) is 30.0 Å². The number of nitrogens with zero attached hydrogens (tertiary/aromatic N) is 1. The van der Waals surface area contributed by atoms with E-state index in [0.29, 0.717) is 11.7 Å². The Balaban J connectivity index is 1.45. The Labute approximate surface area is 209 Å². The highest BCUT2D eigenvalue weighted by Crippen LogP contribution is 2.69. The van der Waals surface area contributed by atoms with Gasteiger partial charge in [-0.3, -0.25) is 19.3 Å². The van der Waals surface area contributed by atoms with Crippen LogP contribution in [0.2, 0.25) is 0 Å². The first-order valence-corrected chi connectivity index (χ1v) is 14.9. The first-order valence-electron chi connectivity index (χ1n) is 14.9. The van der Waals surface area contributed by atoms with Gasteiger partial charge in [0.05, 0.1) is 11.3 Å². The van der Waals surface area contributed by atoms with Crippen LogP contribution in [0.15, 0.2) is 0 Å². The molecule has 7 fully saturated rings. The van der Waals surface area contributed by atoms with Gasteiger partial charge in [-0.2, -0.15) is 0 Å². The van der Waals surface area contributed by atoms with Crippen molar-refractivity contribution in [3.8, 4) is 0 Å². The van der Waals surface area contributed by atoms with Crippen molar-refractivity contribution in [1.29, 1.82) is 0 Å². The SMILES string of the molecule is CC1CCCC2C1NC(=O)[C@]21N2CCC[C@@H]2[C@@H](C(=O)C2CCCCC2)[C@]12C(=O)NC1CCCCC12. The third-order valence-electron chi connectivity index (χ3n) is 12.0. The molecule has 7 aliphatic rings. The highest BCUT2D eigenvalue weighted by molar-refractivity contribution is 6.05. The van der Waals surface area contributed by atoms with Gasteiger partial charge in [-0.05, 0) is 69.7 Å². The number of hydrogen-bond acceptors (Lipinski definition) is 4. The molecule has 3 saturated carbocycles. The van der Waals surface area contributed by atoms with Crippen LogP contribution in [0.25, 0.3) is 0 Å². The highest BCUT2D eigenvalue weighted by Gasteiger charge is 2.85. The third-order valence-corrected chi connectivity index (χ3v) is 12.0. The Morgan fingerprint density at radius 3 is 2.37 bits per heavy atom. The molecule has 4 saturated heterocycles.